The molecule has 0 spiro atoms. The van der Waals surface area contributed by atoms with Crippen molar-refractivity contribution in [2.24, 2.45) is 0 Å². The van der Waals surface area contributed by atoms with Crippen LogP contribution in [0.4, 0.5) is 17.2 Å². The lowest BCUT2D eigenvalue weighted by Gasteiger charge is -2.23. The number of ether oxygens (including phenoxy) is 1. The van der Waals surface area contributed by atoms with Gasteiger partial charge in [-0.1, -0.05) is 51.1 Å². The first-order valence-electron chi connectivity index (χ1n) is 12.1. The molecule has 1 heterocycles. The van der Waals surface area contributed by atoms with Crippen LogP contribution in [0.25, 0.3) is 11.3 Å². The molecule has 0 fully saturated rings. The zero-order chi connectivity index (χ0) is 26.9. The molecule has 0 aliphatic heterocycles. The summed E-state index contributed by atoms with van der Waals surface area (Å²) < 4.78 is 4.55. The highest BCUT2D eigenvalue weighted by Crippen LogP contribution is 2.33. The molecule has 0 amide bonds. The second kappa shape index (κ2) is 12.5. The van der Waals surface area contributed by atoms with Crippen LogP contribution in [0.3, 0.4) is 0 Å². The minimum atomic E-state index is -0.403. The van der Waals surface area contributed by atoms with Gasteiger partial charge < -0.3 is 20.5 Å². The Hall–Kier alpha value is -3.45. The molecule has 3 N–H and O–H groups in total. The van der Waals surface area contributed by atoms with Crippen LogP contribution in [-0.2, 0) is 21.4 Å². The van der Waals surface area contributed by atoms with Crippen molar-refractivity contribution in [1.82, 2.24) is 9.97 Å². The van der Waals surface area contributed by atoms with E-state index >= 15 is 0 Å². The van der Waals surface area contributed by atoms with Gasteiger partial charge in [0.05, 0.1) is 11.8 Å². The molecule has 2 aromatic carbocycles. The number of hydrogen-bond donors (Lipinski definition) is 3. The average molecular weight is 493 g/mol. The predicted octanol–water partition coefficient (Wildman–Crippen LogP) is 6.11. The molecule has 3 rings (SSSR count). The smallest absolute Gasteiger partial charge is 0.293 e. The molecule has 7 heteroatoms. The molecule has 36 heavy (non-hydrogen) atoms. The number of para-hydroxylation sites is 1. The summed E-state index contributed by atoms with van der Waals surface area (Å²) in [6, 6.07) is 16.3. The monoisotopic (exact) mass is 492 g/mol. The van der Waals surface area contributed by atoms with Gasteiger partial charge >= 0.3 is 0 Å². The van der Waals surface area contributed by atoms with E-state index in [9.17, 15) is 9.90 Å². The van der Waals surface area contributed by atoms with E-state index in [4.69, 9.17) is 0 Å². The molecule has 1 aromatic heterocycles. The van der Waals surface area contributed by atoms with Gasteiger partial charge in [0.2, 0.25) is 0 Å². The first-order valence-corrected chi connectivity index (χ1v) is 12.1. The number of aliphatic hydroxyl groups is 1. The highest BCUT2D eigenvalue weighted by molar-refractivity contribution is 5.71. The van der Waals surface area contributed by atoms with Crippen LogP contribution in [0.2, 0.25) is 0 Å². The number of carbonyl (C=O) groups is 1. The average Bonchev–Trinajstić information content (AvgIpc) is 2.79. The summed E-state index contributed by atoms with van der Waals surface area (Å²) in [5.74, 6) is 0.721. The summed E-state index contributed by atoms with van der Waals surface area (Å²) in [6.45, 7) is 14.3. The zero-order valence-corrected chi connectivity index (χ0v) is 22.7. The molecule has 0 saturated carbocycles. The lowest BCUT2D eigenvalue weighted by molar-refractivity contribution is -0.138. The minimum absolute atomic E-state index is 0.0583. The summed E-state index contributed by atoms with van der Waals surface area (Å²) in [4.78, 5) is 18.4. The van der Waals surface area contributed by atoms with E-state index in [0.29, 0.717) is 12.9 Å². The normalized spacial score (nSPS) is 12.1. The SMILES string of the molecule is CC(C)(C)OC=O.CNc1cc(-c2cc(Nc3ccccc3CC(C)O)ncn2)ccc1C(C)(C)C. The topological polar surface area (TPSA) is 96.4 Å². The first-order chi connectivity index (χ1) is 16.8. The number of anilines is 3. The minimum Gasteiger partial charge on any atom is -0.462 e. The Morgan fingerprint density at radius 2 is 1.69 bits per heavy atom. The van der Waals surface area contributed by atoms with Gasteiger partial charge in [0, 0.05) is 36.5 Å². The van der Waals surface area contributed by atoms with Crippen LogP contribution in [0.1, 0.15) is 59.6 Å². The molecule has 0 bridgehead atoms. The molecule has 194 valence electrons. The van der Waals surface area contributed by atoms with Crippen LogP contribution in [-0.4, -0.2) is 40.3 Å². The summed E-state index contributed by atoms with van der Waals surface area (Å²) in [6.07, 6.45) is 1.76. The summed E-state index contributed by atoms with van der Waals surface area (Å²) in [5.41, 5.74) is 5.99. The highest BCUT2D eigenvalue weighted by atomic mass is 16.5. The molecule has 0 aliphatic rings. The highest BCUT2D eigenvalue weighted by Gasteiger charge is 2.18. The third-order valence-electron chi connectivity index (χ3n) is 5.26. The van der Waals surface area contributed by atoms with Crippen molar-refractivity contribution in [3.8, 4) is 11.3 Å². The van der Waals surface area contributed by atoms with E-state index in [0.717, 1.165) is 34.0 Å². The molecule has 0 radical (unpaired) electrons. The van der Waals surface area contributed by atoms with Gasteiger partial charge in [0.1, 0.15) is 17.7 Å². The maximum atomic E-state index is 9.76. The van der Waals surface area contributed by atoms with E-state index in [1.54, 1.807) is 13.3 Å². The Labute approximate surface area is 215 Å². The molecular formula is C29H40N4O3. The number of nitrogens with zero attached hydrogens (tertiary/aromatic N) is 2. The maximum Gasteiger partial charge on any atom is 0.293 e. The fourth-order valence-corrected chi connectivity index (χ4v) is 3.57. The zero-order valence-electron chi connectivity index (χ0n) is 22.7. The van der Waals surface area contributed by atoms with Gasteiger partial charge in [0.15, 0.2) is 0 Å². The fraction of sp³-hybridized carbons (Fsp3) is 0.414. The first kappa shape index (κ1) is 28.8. The van der Waals surface area contributed by atoms with Gasteiger partial charge in [-0.3, -0.25) is 4.79 Å². The Morgan fingerprint density at radius 3 is 2.25 bits per heavy atom. The van der Waals surface area contributed by atoms with Crippen molar-refractivity contribution < 1.29 is 14.6 Å². The number of carbonyl (C=O) groups excluding carboxylic acids is 1. The van der Waals surface area contributed by atoms with E-state index in [-0.39, 0.29) is 11.0 Å². The van der Waals surface area contributed by atoms with Crippen LogP contribution >= 0.6 is 0 Å². The second-order valence-electron chi connectivity index (χ2n) is 10.7. The summed E-state index contributed by atoms with van der Waals surface area (Å²) in [7, 11) is 1.94. The van der Waals surface area contributed by atoms with Gasteiger partial charge in [-0.05, 0) is 56.4 Å². The number of nitrogens with one attached hydrogen (secondary N) is 2. The molecular weight excluding hydrogens is 452 g/mol. The van der Waals surface area contributed by atoms with Gasteiger partial charge in [-0.15, -0.1) is 0 Å². The quantitative estimate of drug-likeness (QED) is 0.343. The fourth-order valence-electron chi connectivity index (χ4n) is 3.57. The maximum absolute atomic E-state index is 9.76. The van der Waals surface area contributed by atoms with Crippen LogP contribution < -0.4 is 10.6 Å². The number of aliphatic hydroxyl groups excluding tert-OH is 1. The third-order valence-corrected chi connectivity index (χ3v) is 5.26. The lowest BCUT2D eigenvalue weighted by atomic mass is 9.85. The largest absolute Gasteiger partial charge is 0.462 e. The van der Waals surface area contributed by atoms with Gasteiger partial charge in [-0.25, -0.2) is 9.97 Å². The summed E-state index contributed by atoms with van der Waals surface area (Å²) >= 11 is 0. The molecule has 3 aromatic rings. The van der Waals surface area contributed by atoms with Crippen molar-refractivity contribution in [3.63, 3.8) is 0 Å². The van der Waals surface area contributed by atoms with Crippen molar-refractivity contribution >= 4 is 23.7 Å². The van der Waals surface area contributed by atoms with Gasteiger partial charge in [0.25, 0.3) is 6.47 Å². The number of benzene rings is 2. The molecule has 0 saturated heterocycles. The Bertz CT molecular complexity index is 1130. The standard InChI is InChI=1S/C24H30N4O.C5H10O2/c1-16(29)12-17-8-6-7-9-20(17)28-23-14-21(26-15-27-23)18-10-11-19(24(2,3)4)22(13-18)25-5;1-5(2,3)7-4-6/h6-11,13-16,25,29H,12H2,1-5H3,(H,26,27,28);4H,1-3H3. The number of rotatable bonds is 7. The number of aromatic nitrogens is 2. The van der Waals surface area contributed by atoms with Crippen molar-refractivity contribution in [1.29, 1.82) is 0 Å². The van der Waals surface area contributed by atoms with Crippen LogP contribution in [0.5, 0.6) is 0 Å². The Kier molecular flexibility index (Phi) is 9.99. The predicted molar refractivity (Wildman–Crippen MR) is 148 cm³/mol. The molecule has 7 nitrogen and oxygen atoms in total. The molecule has 1 unspecified atom stereocenters. The van der Waals surface area contributed by atoms with E-state index < -0.39 is 6.10 Å². The van der Waals surface area contributed by atoms with Crippen LogP contribution in [0, 0.1) is 0 Å². The third kappa shape index (κ3) is 8.96. The summed E-state index contributed by atoms with van der Waals surface area (Å²) in [5, 5.41) is 16.4. The van der Waals surface area contributed by atoms with Crippen molar-refractivity contribution in [2.75, 3.05) is 17.7 Å². The van der Waals surface area contributed by atoms with Crippen molar-refractivity contribution in [3.05, 3.63) is 66.0 Å². The van der Waals surface area contributed by atoms with Gasteiger partial charge in [-0.2, -0.15) is 0 Å². The Morgan fingerprint density at radius 1 is 1.00 bits per heavy atom. The van der Waals surface area contributed by atoms with E-state index in [2.05, 4.69) is 64.3 Å². The van der Waals surface area contributed by atoms with Crippen LogP contribution in [0.15, 0.2) is 54.9 Å². The van der Waals surface area contributed by atoms with E-state index in [1.807, 2.05) is 58.2 Å². The molecule has 1 atom stereocenters. The molecule has 0 aliphatic carbocycles. The van der Waals surface area contributed by atoms with Crippen molar-refractivity contribution in [2.45, 2.75) is 72.0 Å². The second-order valence-corrected chi connectivity index (χ2v) is 10.7. The number of hydrogen-bond acceptors (Lipinski definition) is 7. The lowest BCUT2D eigenvalue weighted by Crippen LogP contribution is -2.17. The van der Waals surface area contributed by atoms with E-state index in [1.165, 1.54) is 5.56 Å². The Balaban J connectivity index is 0.000000572.